The Bertz CT molecular complexity index is 473. The van der Waals surface area contributed by atoms with Gasteiger partial charge in [-0.2, -0.15) is 0 Å². The molecule has 1 aromatic heterocycles. The van der Waals surface area contributed by atoms with E-state index in [0.29, 0.717) is 17.4 Å². The normalized spacial score (nSPS) is 10.1. The predicted molar refractivity (Wildman–Crippen MR) is 67.7 cm³/mol. The van der Waals surface area contributed by atoms with E-state index in [9.17, 15) is 0 Å². The standard InChI is InChI=1S/C12H9BrClNO/c13-10-3-1-9(2-4-10)8-16-12-5-11(14)6-15-7-12/h1-7H,8H2. The summed E-state index contributed by atoms with van der Waals surface area (Å²) in [4.78, 5) is 3.95. The van der Waals surface area contributed by atoms with E-state index in [2.05, 4.69) is 20.9 Å². The van der Waals surface area contributed by atoms with Crippen LogP contribution in [0.5, 0.6) is 5.75 Å². The van der Waals surface area contributed by atoms with Gasteiger partial charge in [-0.25, -0.2) is 0 Å². The van der Waals surface area contributed by atoms with E-state index in [4.69, 9.17) is 16.3 Å². The van der Waals surface area contributed by atoms with Crippen molar-refractivity contribution in [2.45, 2.75) is 6.61 Å². The lowest BCUT2D eigenvalue weighted by Gasteiger charge is -2.05. The van der Waals surface area contributed by atoms with Crippen molar-refractivity contribution >= 4 is 27.5 Å². The monoisotopic (exact) mass is 297 g/mol. The molecular formula is C12H9BrClNO. The number of halogens is 2. The molecule has 4 heteroatoms. The topological polar surface area (TPSA) is 22.1 Å². The number of ether oxygens (including phenoxy) is 1. The van der Waals surface area contributed by atoms with Crippen LogP contribution in [0.4, 0.5) is 0 Å². The quantitative estimate of drug-likeness (QED) is 0.852. The lowest BCUT2D eigenvalue weighted by Crippen LogP contribution is -1.95. The van der Waals surface area contributed by atoms with Crippen molar-refractivity contribution in [2.75, 3.05) is 0 Å². The highest BCUT2D eigenvalue weighted by Gasteiger charge is 1.97. The van der Waals surface area contributed by atoms with Gasteiger partial charge in [0.25, 0.3) is 0 Å². The Balaban J connectivity index is 1.99. The van der Waals surface area contributed by atoms with E-state index >= 15 is 0 Å². The van der Waals surface area contributed by atoms with Crippen molar-refractivity contribution in [3.63, 3.8) is 0 Å². The zero-order valence-electron chi connectivity index (χ0n) is 8.36. The molecule has 0 saturated heterocycles. The van der Waals surface area contributed by atoms with E-state index in [1.165, 1.54) is 0 Å². The number of aromatic nitrogens is 1. The van der Waals surface area contributed by atoms with Crippen LogP contribution in [0.1, 0.15) is 5.56 Å². The molecule has 82 valence electrons. The summed E-state index contributed by atoms with van der Waals surface area (Å²) in [5.41, 5.74) is 1.10. The maximum absolute atomic E-state index is 5.80. The molecule has 1 aromatic carbocycles. The van der Waals surface area contributed by atoms with Crippen molar-refractivity contribution < 1.29 is 4.74 Å². The molecule has 0 aliphatic heterocycles. The highest BCUT2D eigenvalue weighted by molar-refractivity contribution is 9.10. The van der Waals surface area contributed by atoms with Gasteiger partial charge >= 0.3 is 0 Å². The number of pyridine rings is 1. The van der Waals surface area contributed by atoms with Gasteiger partial charge < -0.3 is 4.74 Å². The van der Waals surface area contributed by atoms with Crippen molar-refractivity contribution in [3.8, 4) is 5.75 Å². The van der Waals surface area contributed by atoms with E-state index in [1.54, 1.807) is 18.5 Å². The summed E-state index contributed by atoms with van der Waals surface area (Å²) < 4.78 is 6.61. The van der Waals surface area contributed by atoms with Gasteiger partial charge in [-0.05, 0) is 17.7 Å². The molecule has 1 heterocycles. The van der Waals surface area contributed by atoms with Crippen LogP contribution >= 0.6 is 27.5 Å². The van der Waals surface area contributed by atoms with Gasteiger partial charge in [0, 0.05) is 16.7 Å². The first-order chi connectivity index (χ1) is 7.74. The highest BCUT2D eigenvalue weighted by atomic mass is 79.9. The molecule has 0 bridgehead atoms. The average Bonchev–Trinajstić information content (AvgIpc) is 2.28. The Kier molecular flexibility index (Phi) is 3.80. The summed E-state index contributed by atoms with van der Waals surface area (Å²) in [6.45, 7) is 0.509. The minimum Gasteiger partial charge on any atom is -0.487 e. The molecule has 16 heavy (non-hydrogen) atoms. The SMILES string of the molecule is Clc1cncc(OCc2ccc(Br)cc2)c1. The second-order valence-electron chi connectivity index (χ2n) is 3.25. The molecule has 0 radical (unpaired) electrons. The summed E-state index contributed by atoms with van der Waals surface area (Å²) in [5.74, 6) is 0.676. The van der Waals surface area contributed by atoms with Crippen molar-refractivity contribution in [1.29, 1.82) is 0 Å². The zero-order chi connectivity index (χ0) is 11.4. The van der Waals surface area contributed by atoms with Crippen LogP contribution in [-0.4, -0.2) is 4.98 Å². The van der Waals surface area contributed by atoms with Crippen LogP contribution in [0.15, 0.2) is 47.2 Å². The van der Waals surface area contributed by atoms with Gasteiger partial charge in [-0.3, -0.25) is 4.98 Å². The third-order valence-electron chi connectivity index (χ3n) is 2.00. The summed E-state index contributed by atoms with van der Waals surface area (Å²) in [6.07, 6.45) is 3.22. The van der Waals surface area contributed by atoms with Gasteiger partial charge in [-0.1, -0.05) is 39.7 Å². The molecule has 0 aliphatic rings. The maximum Gasteiger partial charge on any atom is 0.139 e. The van der Waals surface area contributed by atoms with Gasteiger partial charge in [0.2, 0.25) is 0 Å². The number of nitrogens with zero attached hydrogens (tertiary/aromatic N) is 1. The minimum absolute atomic E-state index is 0.509. The number of benzene rings is 1. The molecule has 2 nitrogen and oxygen atoms in total. The predicted octanol–water partition coefficient (Wildman–Crippen LogP) is 4.08. The zero-order valence-corrected chi connectivity index (χ0v) is 10.7. The fraction of sp³-hybridized carbons (Fsp3) is 0.0833. The van der Waals surface area contributed by atoms with Crippen LogP contribution in [0.25, 0.3) is 0 Å². The number of hydrogen-bond acceptors (Lipinski definition) is 2. The van der Waals surface area contributed by atoms with E-state index in [0.717, 1.165) is 10.0 Å². The number of hydrogen-bond donors (Lipinski definition) is 0. The maximum atomic E-state index is 5.80. The van der Waals surface area contributed by atoms with Crippen LogP contribution in [-0.2, 0) is 6.61 Å². The average molecular weight is 299 g/mol. The van der Waals surface area contributed by atoms with Crippen LogP contribution < -0.4 is 4.74 Å². The molecule has 0 N–H and O–H groups in total. The summed E-state index contributed by atoms with van der Waals surface area (Å²) in [5, 5.41) is 0.577. The van der Waals surface area contributed by atoms with Crippen LogP contribution in [0, 0.1) is 0 Å². The van der Waals surface area contributed by atoms with Gasteiger partial charge in [0.15, 0.2) is 0 Å². The molecule has 0 fully saturated rings. The first kappa shape index (κ1) is 11.4. The molecule has 0 atom stereocenters. The smallest absolute Gasteiger partial charge is 0.139 e. The Hall–Kier alpha value is -1.06. The third kappa shape index (κ3) is 3.22. The van der Waals surface area contributed by atoms with Crippen molar-refractivity contribution in [1.82, 2.24) is 4.98 Å². The fourth-order valence-corrected chi connectivity index (χ4v) is 1.65. The Morgan fingerprint density at radius 1 is 1.19 bits per heavy atom. The van der Waals surface area contributed by atoms with E-state index in [1.807, 2.05) is 24.3 Å². The molecule has 0 aliphatic carbocycles. The largest absolute Gasteiger partial charge is 0.487 e. The number of rotatable bonds is 3. The Morgan fingerprint density at radius 2 is 1.94 bits per heavy atom. The molecule has 0 saturated carbocycles. The minimum atomic E-state index is 0.509. The van der Waals surface area contributed by atoms with Gasteiger partial charge in [0.1, 0.15) is 12.4 Å². The van der Waals surface area contributed by atoms with Crippen LogP contribution in [0.3, 0.4) is 0 Å². The van der Waals surface area contributed by atoms with Crippen molar-refractivity contribution in [3.05, 3.63) is 57.8 Å². The molecular weight excluding hydrogens is 289 g/mol. The molecule has 0 spiro atoms. The second kappa shape index (κ2) is 5.32. The van der Waals surface area contributed by atoms with E-state index < -0.39 is 0 Å². The first-order valence-corrected chi connectivity index (χ1v) is 5.89. The lowest BCUT2D eigenvalue weighted by molar-refractivity contribution is 0.305. The summed E-state index contributed by atoms with van der Waals surface area (Å²) in [6, 6.07) is 9.71. The molecule has 0 unspecified atom stereocenters. The highest BCUT2D eigenvalue weighted by Crippen LogP contribution is 2.17. The molecule has 2 aromatic rings. The first-order valence-electron chi connectivity index (χ1n) is 4.72. The van der Waals surface area contributed by atoms with Gasteiger partial charge in [-0.15, -0.1) is 0 Å². The summed E-state index contributed by atoms with van der Waals surface area (Å²) >= 11 is 9.18. The Labute approximate surface area is 107 Å². The lowest BCUT2D eigenvalue weighted by atomic mass is 10.2. The van der Waals surface area contributed by atoms with E-state index in [-0.39, 0.29) is 0 Å². The summed E-state index contributed by atoms with van der Waals surface area (Å²) in [7, 11) is 0. The van der Waals surface area contributed by atoms with Crippen molar-refractivity contribution in [2.24, 2.45) is 0 Å². The fourth-order valence-electron chi connectivity index (χ4n) is 1.22. The molecule has 0 amide bonds. The Morgan fingerprint density at radius 3 is 2.62 bits per heavy atom. The second-order valence-corrected chi connectivity index (χ2v) is 4.61. The third-order valence-corrected chi connectivity index (χ3v) is 2.73. The molecule has 2 rings (SSSR count). The van der Waals surface area contributed by atoms with Gasteiger partial charge in [0.05, 0.1) is 11.2 Å². The van der Waals surface area contributed by atoms with Crippen LogP contribution in [0.2, 0.25) is 5.02 Å².